The molecule has 1 amide bonds. The number of hydrogen-bond donors (Lipinski definition) is 1. The maximum absolute atomic E-state index is 12.8. The Morgan fingerprint density at radius 2 is 1.95 bits per heavy atom. The third-order valence-corrected chi connectivity index (χ3v) is 4.68. The summed E-state index contributed by atoms with van der Waals surface area (Å²) in [5.74, 6) is 0.0813. The Balaban J connectivity index is 2.06. The molecule has 108 valence electrons. The Labute approximate surface area is 119 Å². The Bertz CT molecular complexity index is 348. The summed E-state index contributed by atoms with van der Waals surface area (Å²) < 4.78 is 10.7. The first kappa shape index (κ1) is 14.7. The van der Waals surface area contributed by atoms with Crippen LogP contribution in [0.3, 0.4) is 0 Å². The monoisotopic (exact) mass is 286 g/mol. The molecular weight excluding hydrogens is 264 g/mol. The van der Waals surface area contributed by atoms with Crippen molar-refractivity contribution in [2.45, 2.75) is 31.8 Å². The number of amides is 1. The van der Waals surface area contributed by atoms with Crippen LogP contribution in [0, 0.1) is 5.41 Å². The standard InChI is InChI=1S/C13H22N2O3S/c1-17-10-2-6-15(7-3-10)12(16)13(11(14)19)4-8-18-9-5-13/h10H,2-9H2,1H3,(H2,14,19). The maximum Gasteiger partial charge on any atom is 0.235 e. The zero-order chi connectivity index (χ0) is 13.9. The van der Waals surface area contributed by atoms with Gasteiger partial charge < -0.3 is 20.1 Å². The van der Waals surface area contributed by atoms with Gasteiger partial charge in [-0.05, 0) is 25.7 Å². The second-order valence-electron chi connectivity index (χ2n) is 5.29. The van der Waals surface area contributed by atoms with E-state index in [-0.39, 0.29) is 12.0 Å². The van der Waals surface area contributed by atoms with Gasteiger partial charge in [0.2, 0.25) is 5.91 Å². The van der Waals surface area contributed by atoms with E-state index in [1.165, 1.54) is 0 Å². The van der Waals surface area contributed by atoms with Gasteiger partial charge in [0, 0.05) is 33.4 Å². The van der Waals surface area contributed by atoms with E-state index in [2.05, 4.69) is 0 Å². The molecule has 2 aliphatic heterocycles. The van der Waals surface area contributed by atoms with Gasteiger partial charge in [0.25, 0.3) is 0 Å². The van der Waals surface area contributed by atoms with E-state index in [9.17, 15) is 4.79 Å². The predicted octanol–water partition coefficient (Wildman–Crippen LogP) is 0.707. The number of ether oxygens (including phenoxy) is 2. The predicted molar refractivity (Wildman–Crippen MR) is 75.9 cm³/mol. The molecule has 0 aliphatic carbocycles. The third-order valence-electron chi connectivity index (χ3n) is 4.29. The largest absolute Gasteiger partial charge is 0.392 e. The number of hydrogen-bond acceptors (Lipinski definition) is 4. The van der Waals surface area contributed by atoms with Gasteiger partial charge in [0.15, 0.2) is 0 Å². The molecule has 0 spiro atoms. The average Bonchev–Trinajstić information content (AvgIpc) is 2.47. The summed E-state index contributed by atoms with van der Waals surface area (Å²) in [5, 5.41) is 0. The molecule has 0 atom stereocenters. The molecule has 19 heavy (non-hydrogen) atoms. The molecule has 5 nitrogen and oxygen atoms in total. The molecule has 2 aliphatic rings. The lowest BCUT2D eigenvalue weighted by Gasteiger charge is -2.41. The van der Waals surface area contributed by atoms with E-state index in [0.29, 0.717) is 31.0 Å². The third kappa shape index (κ3) is 2.90. The Kier molecular flexibility index (Phi) is 4.76. The van der Waals surface area contributed by atoms with E-state index < -0.39 is 5.41 Å². The minimum atomic E-state index is -0.687. The summed E-state index contributed by atoms with van der Waals surface area (Å²) in [6, 6.07) is 0. The number of piperidine rings is 1. The SMILES string of the molecule is COC1CCN(C(=O)C2(C(N)=S)CCOCC2)CC1. The zero-order valence-corrected chi connectivity index (χ0v) is 12.2. The molecule has 0 bridgehead atoms. The van der Waals surface area contributed by atoms with Crippen molar-refractivity contribution in [3.8, 4) is 0 Å². The molecule has 2 N–H and O–H groups in total. The molecule has 0 aromatic rings. The van der Waals surface area contributed by atoms with Gasteiger partial charge in [-0.15, -0.1) is 0 Å². The highest BCUT2D eigenvalue weighted by Gasteiger charge is 2.45. The van der Waals surface area contributed by atoms with Gasteiger partial charge in [-0.1, -0.05) is 12.2 Å². The first-order chi connectivity index (χ1) is 9.10. The van der Waals surface area contributed by atoms with Crippen LogP contribution in [-0.4, -0.2) is 55.3 Å². The number of nitrogens with zero attached hydrogens (tertiary/aromatic N) is 1. The molecule has 0 aromatic carbocycles. The molecule has 2 heterocycles. The second kappa shape index (κ2) is 6.15. The quantitative estimate of drug-likeness (QED) is 0.774. The highest BCUT2D eigenvalue weighted by molar-refractivity contribution is 7.80. The molecule has 6 heteroatoms. The molecular formula is C13H22N2O3S. The zero-order valence-electron chi connectivity index (χ0n) is 11.4. The van der Waals surface area contributed by atoms with Crippen molar-refractivity contribution in [2.75, 3.05) is 33.4 Å². The molecule has 0 radical (unpaired) electrons. The van der Waals surface area contributed by atoms with Crippen molar-refractivity contribution in [3.05, 3.63) is 0 Å². The minimum absolute atomic E-state index is 0.0813. The van der Waals surface area contributed by atoms with Gasteiger partial charge in [-0.2, -0.15) is 0 Å². The van der Waals surface area contributed by atoms with E-state index in [1.54, 1.807) is 7.11 Å². The van der Waals surface area contributed by atoms with Crippen LogP contribution in [0.5, 0.6) is 0 Å². The van der Waals surface area contributed by atoms with Crippen LogP contribution in [-0.2, 0) is 14.3 Å². The fourth-order valence-corrected chi connectivity index (χ4v) is 3.17. The van der Waals surface area contributed by atoms with E-state index in [4.69, 9.17) is 27.4 Å². The Morgan fingerprint density at radius 3 is 2.42 bits per heavy atom. The summed E-state index contributed by atoms with van der Waals surface area (Å²) in [5.41, 5.74) is 5.18. The maximum atomic E-state index is 12.8. The van der Waals surface area contributed by atoms with Crippen LogP contribution < -0.4 is 5.73 Å². The lowest BCUT2D eigenvalue weighted by molar-refractivity contribution is -0.144. The van der Waals surface area contributed by atoms with Gasteiger partial charge in [-0.3, -0.25) is 4.79 Å². The lowest BCUT2D eigenvalue weighted by atomic mass is 9.78. The van der Waals surface area contributed by atoms with Crippen LogP contribution >= 0.6 is 12.2 Å². The molecule has 0 unspecified atom stereocenters. The molecule has 2 fully saturated rings. The summed E-state index contributed by atoms with van der Waals surface area (Å²) in [4.78, 5) is 15.0. The molecule has 2 rings (SSSR count). The summed E-state index contributed by atoms with van der Waals surface area (Å²) in [6.07, 6.45) is 3.23. The number of likely N-dealkylation sites (tertiary alicyclic amines) is 1. The molecule has 0 saturated carbocycles. The Morgan fingerprint density at radius 1 is 1.37 bits per heavy atom. The highest BCUT2D eigenvalue weighted by atomic mass is 32.1. The lowest BCUT2D eigenvalue weighted by Crippen LogP contribution is -2.55. The number of nitrogens with two attached hydrogens (primary N) is 1. The topological polar surface area (TPSA) is 64.8 Å². The second-order valence-corrected chi connectivity index (χ2v) is 5.73. The van der Waals surface area contributed by atoms with E-state index >= 15 is 0 Å². The number of carbonyl (C=O) groups is 1. The van der Waals surface area contributed by atoms with Crippen LogP contribution in [0.1, 0.15) is 25.7 Å². The number of carbonyl (C=O) groups excluding carboxylic acids is 1. The van der Waals surface area contributed by atoms with Crippen LogP contribution in [0.25, 0.3) is 0 Å². The smallest absolute Gasteiger partial charge is 0.235 e. The number of rotatable bonds is 3. The van der Waals surface area contributed by atoms with Gasteiger partial charge in [0.05, 0.1) is 11.1 Å². The van der Waals surface area contributed by atoms with Crippen molar-refractivity contribution in [2.24, 2.45) is 11.1 Å². The van der Waals surface area contributed by atoms with Crippen molar-refractivity contribution < 1.29 is 14.3 Å². The van der Waals surface area contributed by atoms with Crippen molar-refractivity contribution in [1.29, 1.82) is 0 Å². The minimum Gasteiger partial charge on any atom is -0.392 e. The van der Waals surface area contributed by atoms with Crippen LogP contribution in [0.4, 0.5) is 0 Å². The van der Waals surface area contributed by atoms with Gasteiger partial charge >= 0.3 is 0 Å². The Hall–Kier alpha value is -0.720. The number of methoxy groups -OCH3 is 1. The van der Waals surface area contributed by atoms with Crippen molar-refractivity contribution in [1.82, 2.24) is 4.90 Å². The molecule has 0 aromatic heterocycles. The van der Waals surface area contributed by atoms with E-state index in [0.717, 1.165) is 25.9 Å². The van der Waals surface area contributed by atoms with Crippen molar-refractivity contribution in [3.63, 3.8) is 0 Å². The first-order valence-corrected chi connectivity index (χ1v) is 7.21. The van der Waals surface area contributed by atoms with E-state index in [1.807, 2.05) is 4.90 Å². The average molecular weight is 286 g/mol. The summed E-state index contributed by atoms with van der Waals surface area (Å²) in [7, 11) is 1.72. The number of thiocarbonyl (C=S) groups is 1. The van der Waals surface area contributed by atoms with Crippen LogP contribution in [0.2, 0.25) is 0 Å². The molecule has 2 saturated heterocycles. The highest BCUT2D eigenvalue weighted by Crippen LogP contribution is 2.34. The summed E-state index contributed by atoms with van der Waals surface area (Å²) in [6.45, 7) is 2.56. The van der Waals surface area contributed by atoms with Gasteiger partial charge in [0.1, 0.15) is 5.41 Å². The fourth-order valence-electron chi connectivity index (χ4n) is 2.88. The van der Waals surface area contributed by atoms with Crippen LogP contribution in [0.15, 0.2) is 0 Å². The first-order valence-electron chi connectivity index (χ1n) is 6.80. The summed E-state index contributed by atoms with van der Waals surface area (Å²) >= 11 is 5.17. The van der Waals surface area contributed by atoms with Gasteiger partial charge in [-0.25, -0.2) is 0 Å². The normalized spacial score (nSPS) is 24.2. The van der Waals surface area contributed by atoms with Crippen molar-refractivity contribution >= 4 is 23.1 Å². The fraction of sp³-hybridized carbons (Fsp3) is 0.846.